The molecule has 198 valence electrons. The Balaban J connectivity index is 1.43. The largest absolute Gasteiger partial charge is 0.376 e. The molecule has 3 nitrogen and oxygen atoms in total. The van der Waals surface area contributed by atoms with Gasteiger partial charge in [0.25, 0.3) is 0 Å². The summed E-state index contributed by atoms with van der Waals surface area (Å²) in [6.07, 6.45) is 5.63. The third kappa shape index (κ3) is 6.12. The molecule has 0 aliphatic carbocycles. The van der Waals surface area contributed by atoms with Crippen LogP contribution < -0.4 is 0 Å². The Morgan fingerprint density at radius 1 is 0.778 bits per heavy atom. The van der Waals surface area contributed by atoms with E-state index in [2.05, 4.69) is 6.92 Å². The topological polar surface area (TPSA) is 27.7 Å². The minimum absolute atomic E-state index is 0.0396. The van der Waals surface area contributed by atoms with Gasteiger partial charge in [0.2, 0.25) is 0 Å². The highest BCUT2D eigenvalue weighted by Gasteiger charge is 2.28. The van der Waals surface area contributed by atoms with Gasteiger partial charge in [-0.25, -0.2) is 17.6 Å². The lowest BCUT2D eigenvalue weighted by Crippen LogP contribution is -2.31. The Bertz CT molecular complexity index is 1010. The van der Waals surface area contributed by atoms with Gasteiger partial charge in [0.05, 0.1) is 31.5 Å². The van der Waals surface area contributed by atoms with Crippen molar-refractivity contribution in [3.8, 4) is 11.1 Å². The molecular weight excluding hydrogens is 472 g/mol. The lowest BCUT2D eigenvalue weighted by molar-refractivity contribution is -0.0843. The Morgan fingerprint density at radius 2 is 1.53 bits per heavy atom. The zero-order valence-electron chi connectivity index (χ0n) is 21.1. The Labute approximate surface area is 211 Å². The lowest BCUT2D eigenvalue weighted by atomic mass is 9.90. The number of rotatable bonds is 9. The van der Waals surface area contributed by atoms with Gasteiger partial charge >= 0.3 is 0 Å². The summed E-state index contributed by atoms with van der Waals surface area (Å²) in [5, 5.41) is 0. The molecule has 2 aliphatic rings. The van der Waals surface area contributed by atoms with E-state index in [0.29, 0.717) is 45.0 Å². The first-order valence-corrected chi connectivity index (χ1v) is 13.2. The van der Waals surface area contributed by atoms with E-state index in [-0.39, 0.29) is 34.5 Å². The third-order valence-corrected chi connectivity index (χ3v) is 7.45. The van der Waals surface area contributed by atoms with Crippen LogP contribution in [0.25, 0.3) is 11.1 Å². The number of hydrogen-bond acceptors (Lipinski definition) is 3. The summed E-state index contributed by atoms with van der Waals surface area (Å²) in [6.45, 7) is 5.70. The summed E-state index contributed by atoms with van der Waals surface area (Å²) in [5.41, 5.74) is -0.263. The summed E-state index contributed by atoms with van der Waals surface area (Å²) < 4.78 is 77.1. The molecule has 2 aromatic carbocycles. The molecule has 0 radical (unpaired) electrons. The van der Waals surface area contributed by atoms with Crippen molar-refractivity contribution in [2.45, 2.75) is 83.5 Å². The van der Waals surface area contributed by atoms with Crippen LogP contribution in [0.4, 0.5) is 17.6 Å². The number of halogens is 4. The molecule has 36 heavy (non-hydrogen) atoms. The van der Waals surface area contributed by atoms with Crippen LogP contribution >= 0.6 is 0 Å². The normalized spacial score (nSPS) is 24.7. The second-order valence-electron chi connectivity index (χ2n) is 9.93. The van der Waals surface area contributed by atoms with E-state index in [4.69, 9.17) is 14.2 Å². The highest BCUT2D eigenvalue weighted by molar-refractivity contribution is 5.66. The minimum atomic E-state index is -1.18. The number of hydrogen-bond donors (Lipinski definition) is 0. The van der Waals surface area contributed by atoms with Gasteiger partial charge in [0, 0.05) is 23.3 Å². The van der Waals surface area contributed by atoms with Gasteiger partial charge in [-0.3, -0.25) is 0 Å². The molecule has 4 unspecified atom stereocenters. The molecule has 0 aromatic heterocycles. The molecule has 2 aliphatic heterocycles. The van der Waals surface area contributed by atoms with Gasteiger partial charge in [0.15, 0.2) is 23.3 Å². The van der Waals surface area contributed by atoms with Crippen LogP contribution in [-0.4, -0.2) is 32.0 Å². The van der Waals surface area contributed by atoms with E-state index in [1.807, 2.05) is 6.92 Å². The van der Waals surface area contributed by atoms with E-state index >= 15 is 4.39 Å². The van der Waals surface area contributed by atoms with Crippen molar-refractivity contribution >= 4 is 0 Å². The third-order valence-electron chi connectivity index (χ3n) is 7.45. The van der Waals surface area contributed by atoms with Gasteiger partial charge in [0.1, 0.15) is 0 Å². The molecule has 0 amide bonds. The summed E-state index contributed by atoms with van der Waals surface area (Å²) in [4.78, 5) is 0. The van der Waals surface area contributed by atoms with Crippen molar-refractivity contribution in [3.05, 3.63) is 58.7 Å². The smallest absolute Gasteiger partial charge is 0.167 e. The van der Waals surface area contributed by atoms with Gasteiger partial charge in [-0.15, -0.1) is 0 Å². The molecule has 2 heterocycles. The summed E-state index contributed by atoms with van der Waals surface area (Å²) in [7, 11) is 0. The van der Waals surface area contributed by atoms with Crippen LogP contribution in [0, 0.1) is 29.2 Å². The Kier molecular flexibility index (Phi) is 9.42. The number of benzene rings is 2. The van der Waals surface area contributed by atoms with Crippen molar-refractivity contribution in [2.75, 3.05) is 19.8 Å². The highest BCUT2D eigenvalue weighted by Crippen LogP contribution is 2.37. The molecule has 0 saturated carbocycles. The molecule has 2 saturated heterocycles. The standard InChI is InChI=1S/C29H36F4O3/c1-3-5-18-6-15-25(36-16-18)24-14-13-23(28(32)29(24)33)22-12-8-19(26(30)27(22)31)7-9-20-10-11-21(17-35-20)34-4-2/h8,12-14,18,20-21,25H,3-7,9-11,15-17H2,1-2H3. The molecule has 0 N–H and O–H groups in total. The molecule has 4 rings (SSSR count). The van der Waals surface area contributed by atoms with Crippen molar-refractivity contribution in [1.82, 2.24) is 0 Å². The van der Waals surface area contributed by atoms with E-state index in [1.165, 1.54) is 24.3 Å². The highest BCUT2D eigenvalue weighted by atomic mass is 19.2. The van der Waals surface area contributed by atoms with Gasteiger partial charge in [-0.05, 0) is 63.4 Å². The predicted octanol–water partition coefficient (Wildman–Crippen LogP) is 7.69. The first-order chi connectivity index (χ1) is 17.4. The van der Waals surface area contributed by atoms with Crippen molar-refractivity contribution in [2.24, 2.45) is 5.92 Å². The van der Waals surface area contributed by atoms with Crippen LogP contribution in [0.2, 0.25) is 0 Å². The van der Waals surface area contributed by atoms with Crippen molar-refractivity contribution in [3.63, 3.8) is 0 Å². The number of ether oxygens (including phenoxy) is 3. The second kappa shape index (κ2) is 12.5. The molecule has 2 fully saturated rings. The second-order valence-corrected chi connectivity index (χ2v) is 9.93. The summed E-state index contributed by atoms with van der Waals surface area (Å²) in [5.74, 6) is -4.01. The maximum atomic E-state index is 15.0. The maximum Gasteiger partial charge on any atom is 0.167 e. The van der Waals surface area contributed by atoms with Gasteiger partial charge < -0.3 is 14.2 Å². The quantitative estimate of drug-likeness (QED) is 0.325. The SMILES string of the molecule is CCCC1CCC(c2ccc(-c3ccc(CCC4CCC(OCC)CO4)c(F)c3F)c(F)c2F)OC1. The fourth-order valence-corrected chi connectivity index (χ4v) is 5.39. The Hall–Kier alpha value is -1.96. The van der Waals surface area contributed by atoms with E-state index in [9.17, 15) is 13.2 Å². The van der Waals surface area contributed by atoms with Gasteiger partial charge in [-0.1, -0.05) is 37.6 Å². The van der Waals surface area contributed by atoms with Crippen LogP contribution in [0.5, 0.6) is 0 Å². The molecule has 4 atom stereocenters. The Morgan fingerprint density at radius 3 is 2.17 bits per heavy atom. The predicted molar refractivity (Wildman–Crippen MR) is 131 cm³/mol. The number of aryl methyl sites for hydroxylation is 1. The summed E-state index contributed by atoms with van der Waals surface area (Å²) in [6, 6.07) is 5.52. The van der Waals surface area contributed by atoms with Crippen molar-refractivity contribution in [1.29, 1.82) is 0 Å². The van der Waals surface area contributed by atoms with Crippen LogP contribution in [0.1, 0.15) is 76.0 Å². The van der Waals surface area contributed by atoms with E-state index in [1.54, 1.807) is 0 Å². The minimum Gasteiger partial charge on any atom is -0.376 e. The van der Waals surface area contributed by atoms with Gasteiger partial charge in [-0.2, -0.15) is 0 Å². The zero-order valence-corrected chi connectivity index (χ0v) is 21.1. The molecule has 7 heteroatoms. The lowest BCUT2D eigenvalue weighted by Gasteiger charge is -2.29. The molecule has 0 bridgehead atoms. The van der Waals surface area contributed by atoms with E-state index in [0.717, 1.165) is 32.1 Å². The maximum absolute atomic E-state index is 15.0. The monoisotopic (exact) mass is 508 g/mol. The fraction of sp³-hybridized carbons (Fsp3) is 0.586. The zero-order chi connectivity index (χ0) is 25.7. The van der Waals surface area contributed by atoms with Crippen molar-refractivity contribution < 1.29 is 31.8 Å². The average molecular weight is 509 g/mol. The average Bonchev–Trinajstić information content (AvgIpc) is 2.89. The fourth-order valence-electron chi connectivity index (χ4n) is 5.39. The first kappa shape index (κ1) is 27.1. The van der Waals surface area contributed by atoms with Crippen LogP contribution in [-0.2, 0) is 20.6 Å². The summed E-state index contributed by atoms with van der Waals surface area (Å²) >= 11 is 0. The molecular formula is C29H36F4O3. The van der Waals surface area contributed by atoms with E-state index < -0.39 is 29.4 Å². The molecule has 0 spiro atoms. The first-order valence-electron chi connectivity index (χ1n) is 13.2. The van der Waals surface area contributed by atoms with Crippen LogP contribution in [0.15, 0.2) is 24.3 Å². The molecule has 2 aromatic rings. The van der Waals surface area contributed by atoms with Crippen LogP contribution in [0.3, 0.4) is 0 Å².